The van der Waals surface area contributed by atoms with Crippen LogP contribution in [0.3, 0.4) is 0 Å². The number of carbonyl (C=O) groups is 1. The molecule has 0 unspecified atom stereocenters. The second-order valence-electron chi connectivity index (χ2n) is 6.81. The number of allylic oxidation sites excluding steroid dienone is 4. The van der Waals surface area contributed by atoms with E-state index in [1.54, 1.807) is 27.3 Å². The number of aryl methyl sites for hydroxylation is 2. The van der Waals surface area contributed by atoms with Crippen molar-refractivity contribution in [1.82, 2.24) is 24.0 Å². The zero-order valence-corrected chi connectivity index (χ0v) is 15.6. The van der Waals surface area contributed by atoms with Gasteiger partial charge in [-0.15, -0.1) is 0 Å². The molecule has 0 saturated carbocycles. The van der Waals surface area contributed by atoms with Gasteiger partial charge in [0.1, 0.15) is 11.3 Å². The molecule has 0 aliphatic heterocycles. The second kappa shape index (κ2) is 7.68. The van der Waals surface area contributed by atoms with E-state index in [1.165, 1.54) is 15.0 Å². The van der Waals surface area contributed by atoms with Gasteiger partial charge in [-0.1, -0.05) is 23.8 Å². The van der Waals surface area contributed by atoms with E-state index in [2.05, 4.69) is 28.2 Å². The number of unbranched alkanes of at least 4 members (excludes halogenated alkanes) is 1. The third-order valence-electron chi connectivity index (χ3n) is 4.61. The number of hydrogen-bond donors (Lipinski definition) is 0. The Kier molecular flexibility index (Phi) is 5.35. The highest BCUT2D eigenvalue weighted by Gasteiger charge is 2.20. The standard InChI is InChI=1S/C19H25N5O2/c1-22(2)18(25)24-17-15(23(3)19(24)26)13-20-16(21-17)12-8-7-11-14-9-5-4-6-10-14/h5,9-10,13H,4,6-8,11-12H2,1-3H3. The largest absolute Gasteiger partial charge is 0.338 e. The molecule has 2 aromatic heterocycles. The molecule has 1 aliphatic carbocycles. The van der Waals surface area contributed by atoms with Crippen LogP contribution in [-0.2, 0) is 13.5 Å². The summed E-state index contributed by atoms with van der Waals surface area (Å²) in [4.78, 5) is 35.0. The highest BCUT2D eigenvalue weighted by Crippen LogP contribution is 2.17. The molecule has 7 heteroatoms. The zero-order chi connectivity index (χ0) is 18.7. The molecule has 138 valence electrons. The SMILES string of the molecule is CN(C)C(=O)n1c(=O)n(C)c2cnc(CCCCC3=CCCC=C3)nc21. The maximum absolute atomic E-state index is 12.4. The first-order valence-corrected chi connectivity index (χ1v) is 8.99. The van der Waals surface area contributed by atoms with Gasteiger partial charge in [-0.05, 0) is 32.1 Å². The van der Waals surface area contributed by atoms with E-state index in [9.17, 15) is 9.59 Å². The lowest BCUT2D eigenvalue weighted by atomic mass is 10.0. The summed E-state index contributed by atoms with van der Waals surface area (Å²) in [6.07, 6.45) is 14.5. The summed E-state index contributed by atoms with van der Waals surface area (Å²) < 4.78 is 2.51. The minimum absolute atomic E-state index is 0.374. The third kappa shape index (κ3) is 3.61. The lowest BCUT2D eigenvalue weighted by Crippen LogP contribution is -2.35. The average Bonchev–Trinajstić information content (AvgIpc) is 2.89. The van der Waals surface area contributed by atoms with Gasteiger partial charge >= 0.3 is 11.7 Å². The van der Waals surface area contributed by atoms with Crippen LogP contribution >= 0.6 is 0 Å². The van der Waals surface area contributed by atoms with Crippen molar-refractivity contribution >= 4 is 17.2 Å². The van der Waals surface area contributed by atoms with Crippen LogP contribution in [0.5, 0.6) is 0 Å². The minimum Gasteiger partial charge on any atom is -0.330 e. The zero-order valence-electron chi connectivity index (χ0n) is 15.6. The van der Waals surface area contributed by atoms with Crippen molar-refractivity contribution in [3.8, 4) is 0 Å². The van der Waals surface area contributed by atoms with Gasteiger partial charge < -0.3 is 4.90 Å². The van der Waals surface area contributed by atoms with E-state index in [-0.39, 0.29) is 0 Å². The number of imidazole rings is 1. The normalized spacial score (nSPS) is 13.9. The van der Waals surface area contributed by atoms with Gasteiger partial charge in [0.15, 0.2) is 5.65 Å². The molecule has 3 rings (SSSR count). The van der Waals surface area contributed by atoms with Crippen LogP contribution in [0, 0.1) is 0 Å². The van der Waals surface area contributed by atoms with Gasteiger partial charge in [-0.25, -0.2) is 19.6 Å². The van der Waals surface area contributed by atoms with Gasteiger partial charge in [0, 0.05) is 27.6 Å². The molecule has 7 nitrogen and oxygen atoms in total. The van der Waals surface area contributed by atoms with E-state index >= 15 is 0 Å². The number of rotatable bonds is 5. The smallest absolute Gasteiger partial charge is 0.330 e. The number of hydrogen-bond acceptors (Lipinski definition) is 4. The molecule has 0 fully saturated rings. The lowest BCUT2D eigenvalue weighted by Gasteiger charge is -2.10. The second-order valence-corrected chi connectivity index (χ2v) is 6.81. The summed E-state index contributed by atoms with van der Waals surface area (Å²) in [5.74, 6) is 0.663. The fourth-order valence-electron chi connectivity index (χ4n) is 3.10. The molecule has 26 heavy (non-hydrogen) atoms. The van der Waals surface area contributed by atoms with Crippen LogP contribution in [0.25, 0.3) is 11.2 Å². The van der Waals surface area contributed by atoms with Crippen LogP contribution in [-0.4, -0.2) is 44.1 Å². The van der Waals surface area contributed by atoms with Gasteiger partial charge in [-0.3, -0.25) is 4.57 Å². The quantitative estimate of drug-likeness (QED) is 0.773. The fourth-order valence-corrected chi connectivity index (χ4v) is 3.10. The molecule has 2 aromatic rings. The van der Waals surface area contributed by atoms with Crippen molar-refractivity contribution in [1.29, 1.82) is 0 Å². The van der Waals surface area contributed by atoms with Crippen LogP contribution in [0.15, 0.2) is 34.8 Å². The monoisotopic (exact) mass is 355 g/mol. The summed E-state index contributed by atoms with van der Waals surface area (Å²) in [6.45, 7) is 0. The van der Waals surface area contributed by atoms with E-state index in [4.69, 9.17) is 0 Å². The van der Waals surface area contributed by atoms with E-state index in [0.29, 0.717) is 17.0 Å². The molecule has 2 heterocycles. The van der Waals surface area contributed by atoms with Crippen molar-refractivity contribution in [3.05, 3.63) is 46.3 Å². The number of amides is 1. The molecular weight excluding hydrogens is 330 g/mol. The van der Waals surface area contributed by atoms with Crippen molar-refractivity contribution in [2.45, 2.75) is 38.5 Å². The summed E-state index contributed by atoms with van der Waals surface area (Å²) in [5.41, 5.74) is 1.94. The summed E-state index contributed by atoms with van der Waals surface area (Å²) in [6, 6.07) is -0.402. The predicted molar refractivity (Wildman–Crippen MR) is 101 cm³/mol. The first-order chi connectivity index (χ1) is 12.5. The Balaban J connectivity index is 1.75. The Morgan fingerprint density at radius 3 is 2.69 bits per heavy atom. The van der Waals surface area contributed by atoms with E-state index < -0.39 is 11.7 Å². The number of aromatic nitrogens is 4. The first-order valence-electron chi connectivity index (χ1n) is 8.99. The number of carbonyl (C=O) groups excluding carboxylic acids is 1. The van der Waals surface area contributed by atoms with Gasteiger partial charge in [-0.2, -0.15) is 4.57 Å². The van der Waals surface area contributed by atoms with Crippen molar-refractivity contribution in [2.75, 3.05) is 14.1 Å². The van der Waals surface area contributed by atoms with E-state index in [1.807, 2.05) is 0 Å². The van der Waals surface area contributed by atoms with Gasteiger partial charge in [0.05, 0.1) is 6.20 Å². The van der Waals surface area contributed by atoms with Crippen LogP contribution in [0.4, 0.5) is 4.79 Å². The molecule has 0 aromatic carbocycles. The average molecular weight is 355 g/mol. The van der Waals surface area contributed by atoms with Crippen molar-refractivity contribution in [2.24, 2.45) is 7.05 Å². The Hall–Kier alpha value is -2.70. The molecule has 0 radical (unpaired) electrons. The highest BCUT2D eigenvalue weighted by molar-refractivity contribution is 5.86. The lowest BCUT2D eigenvalue weighted by molar-refractivity contribution is 0.219. The third-order valence-corrected chi connectivity index (χ3v) is 4.61. The molecule has 0 N–H and O–H groups in total. The molecule has 0 bridgehead atoms. The maximum atomic E-state index is 12.4. The van der Waals surface area contributed by atoms with Crippen molar-refractivity contribution in [3.63, 3.8) is 0 Å². The van der Waals surface area contributed by atoms with Crippen molar-refractivity contribution < 1.29 is 4.79 Å². The fraction of sp³-hybridized carbons (Fsp3) is 0.474. The van der Waals surface area contributed by atoms with Crippen LogP contribution in [0.2, 0.25) is 0 Å². The topological polar surface area (TPSA) is 73.0 Å². The van der Waals surface area contributed by atoms with Gasteiger partial charge in [0.2, 0.25) is 0 Å². The Labute approximate surface area is 152 Å². The maximum Gasteiger partial charge on any atom is 0.338 e. The number of fused-ring (bicyclic) bond motifs is 1. The summed E-state index contributed by atoms with van der Waals surface area (Å²) >= 11 is 0. The molecule has 0 saturated heterocycles. The first kappa shape index (κ1) is 18.1. The predicted octanol–water partition coefficient (Wildman–Crippen LogP) is 2.65. The molecular formula is C19H25N5O2. The molecule has 1 aliphatic rings. The van der Waals surface area contributed by atoms with Gasteiger partial charge in [0.25, 0.3) is 0 Å². The van der Waals surface area contributed by atoms with Crippen LogP contribution in [0.1, 0.15) is 37.9 Å². The van der Waals surface area contributed by atoms with Crippen LogP contribution < -0.4 is 5.69 Å². The van der Waals surface area contributed by atoms with E-state index in [0.717, 1.165) is 43.1 Å². The summed E-state index contributed by atoms with van der Waals surface area (Å²) in [7, 11) is 4.85. The Bertz CT molecular complexity index is 933. The highest BCUT2D eigenvalue weighted by atomic mass is 16.2. The Morgan fingerprint density at radius 2 is 2.00 bits per heavy atom. The Morgan fingerprint density at radius 1 is 1.23 bits per heavy atom. The minimum atomic E-state index is -0.402. The molecule has 0 atom stereocenters. The summed E-state index contributed by atoms with van der Waals surface area (Å²) in [5, 5.41) is 0. The molecule has 0 spiro atoms. The number of nitrogens with zero attached hydrogens (tertiary/aromatic N) is 5. The molecule has 1 amide bonds.